The van der Waals surface area contributed by atoms with Crippen LogP contribution < -0.4 is 5.73 Å². The molecule has 0 spiro atoms. The molecule has 2 aromatic rings. The molecule has 112 valence electrons. The molecule has 1 fully saturated rings. The van der Waals surface area contributed by atoms with Crippen molar-refractivity contribution in [2.75, 3.05) is 19.6 Å². The van der Waals surface area contributed by atoms with Crippen LogP contribution in [-0.2, 0) is 6.54 Å². The molecule has 1 aliphatic heterocycles. The minimum atomic E-state index is -0.274. The molecule has 1 unspecified atom stereocenters. The summed E-state index contributed by atoms with van der Waals surface area (Å²) in [6, 6.07) is 6.35. The summed E-state index contributed by atoms with van der Waals surface area (Å²) < 4.78 is 19.0. The second-order valence-electron chi connectivity index (χ2n) is 6.10. The van der Waals surface area contributed by atoms with Crippen LogP contribution in [0.1, 0.15) is 19.2 Å². The highest BCUT2D eigenvalue weighted by molar-refractivity contribution is 5.56. The average molecular weight is 289 g/mol. The Kier molecular flexibility index (Phi) is 3.78. The number of nitrogens with zero attached hydrogens (tertiary/aromatic N) is 2. The van der Waals surface area contributed by atoms with Crippen LogP contribution in [-0.4, -0.2) is 29.5 Å². The molecule has 2 heterocycles. The number of rotatable bonds is 4. The van der Waals surface area contributed by atoms with Gasteiger partial charge < -0.3 is 10.2 Å². The maximum atomic E-state index is 13.2. The summed E-state index contributed by atoms with van der Waals surface area (Å²) in [5.74, 6) is 0.990. The first-order valence-electron chi connectivity index (χ1n) is 7.21. The van der Waals surface area contributed by atoms with Gasteiger partial charge in [-0.3, -0.25) is 4.90 Å². The summed E-state index contributed by atoms with van der Waals surface area (Å²) in [6.45, 7) is 5.54. The Balaban J connectivity index is 1.69. The van der Waals surface area contributed by atoms with Gasteiger partial charge in [-0.2, -0.15) is 0 Å². The lowest BCUT2D eigenvalue weighted by atomic mass is 9.90. The molecule has 2 N–H and O–H groups in total. The molecule has 1 aromatic heterocycles. The third-order valence-corrected chi connectivity index (χ3v) is 4.15. The Labute approximate surface area is 123 Å². The van der Waals surface area contributed by atoms with E-state index in [-0.39, 0.29) is 11.2 Å². The van der Waals surface area contributed by atoms with E-state index in [4.69, 9.17) is 10.2 Å². The highest BCUT2D eigenvalue weighted by Crippen LogP contribution is 2.30. The van der Waals surface area contributed by atoms with Gasteiger partial charge >= 0.3 is 0 Å². The molecule has 0 saturated carbocycles. The van der Waals surface area contributed by atoms with Gasteiger partial charge in [0.1, 0.15) is 5.82 Å². The lowest BCUT2D eigenvalue weighted by Gasteiger charge is -2.21. The highest BCUT2D eigenvalue weighted by atomic mass is 19.1. The molecule has 21 heavy (non-hydrogen) atoms. The Bertz CT molecular complexity index is 627. The fraction of sp³-hybridized carbons (Fsp3) is 0.438. The van der Waals surface area contributed by atoms with Crippen LogP contribution in [0, 0.1) is 11.2 Å². The standard InChI is InChI=1S/C16H20FN3O/c1-16(10-18)5-6-20(11-16)9-15-19-8-14(21-15)12-3-2-4-13(17)7-12/h2-4,7-8H,5-6,9-11,18H2,1H3. The van der Waals surface area contributed by atoms with Crippen LogP contribution in [0.4, 0.5) is 4.39 Å². The zero-order chi connectivity index (χ0) is 14.9. The normalized spacial score (nSPS) is 22.8. The van der Waals surface area contributed by atoms with Crippen LogP contribution in [0.25, 0.3) is 11.3 Å². The maximum absolute atomic E-state index is 13.2. The van der Waals surface area contributed by atoms with Crippen molar-refractivity contribution in [2.24, 2.45) is 11.1 Å². The van der Waals surface area contributed by atoms with Crippen molar-refractivity contribution in [2.45, 2.75) is 19.9 Å². The molecule has 0 bridgehead atoms. The molecular formula is C16H20FN3O. The lowest BCUT2D eigenvalue weighted by Crippen LogP contribution is -2.31. The Morgan fingerprint density at radius 3 is 3.05 bits per heavy atom. The van der Waals surface area contributed by atoms with Crippen molar-refractivity contribution in [3.8, 4) is 11.3 Å². The molecule has 0 aliphatic carbocycles. The van der Waals surface area contributed by atoms with E-state index in [9.17, 15) is 4.39 Å². The quantitative estimate of drug-likeness (QED) is 0.940. The smallest absolute Gasteiger partial charge is 0.209 e. The SMILES string of the molecule is CC1(CN)CCN(Cc2ncc(-c3cccc(F)c3)o2)C1. The van der Waals surface area contributed by atoms with E-state index in [0.717, 1.165) is 19.5 Å². The van der Waals surface area contributed by atoms with Crippen LogP contribution in [0.2, 0.25) is 0 Å². The number of hydrogen-bond donors (Lipinski definition) is 1. The van der Waals surface area contributed by atoms with E-state index in [1.54, 1.807) is 12.3 Å². The van der Waals surface area contributed by atoms with Crippen LogP contribution in [0.3, 0.4) is 0 Å². The molecule has 1 aromatic carbocycles. The van der Waals surface area contributed by atoms with Gasteiger partial charge in [-0.05, 0) is 37.1 Å². The summed E-state index contributed by atoms with van der Waals surface area (Å²) in [5, 5.41) is 0. The van der Waals surface area contributed by atoms with Gasteiger partial charge in [0.25, 0.3) is 0 Å². The lowest BCUT2D eigenvalue weighted by molar-refractivity contribution is 0.252. The number of halogens is 1. The number of hydrogen-bond acceptors (Lipinski definition) is 4. The van der Waals surface area contributed by atoms with Crippen molar-refractivity contribution in [3.63, 3.8) is 0 Å². The number of oxazole rings is 1. The topological polar surface area (TPSA) is 55.3 Å². The van der Waals surface area contributed by atoms with Gasteiger partial charge in [-0.1, -0.05) is 19.1 Å². The molecule has 1 saturated heterocycles. The largest absolute Gasteiger partial charge is 0.439 e. The summed E-state index contributed by atoms with van der Waals surface area (Å²) >= 11 is 0. The van der Waals surface area contributed by atoms with Crippen molar-refractivity contribution in [1.29, 1.82) is 0 Å². The van der Waals surface area contributed by atoms with Crippen molar-refractivity contribution >= 4 is 0 Å². The van der Waals surface area contributed by atoms with Gasteiger partial charge in [-0.25, -0.2) is 9.37 Å². The number of likely N-dealkylation sites (tertiary alicyclic amines) is 1. The fourth-order valence-corrected chi connectivity index (χ4v) is 2.78. The first-order chi connectivity index (χ1) is 10.1. The first-order valence-corrected chi connectivity index (χ1v) is 7.21. The van der Waals surface area contributed by atoms with Gasteiger partial charge in [0.05, 0.1) is 12.7 Å². The van der Waals surface area contributed by atoms with Crippen molar-refractivity contribution in [1.82, 2.24) is 9.88 Å². The molecular weight excluding hydrogens is 269 g/mol. The zero-order valence-electron chi connectivity index (χ0n) is 12.2. The molecule has 4 nitrogen and oxygen atoms in total. The third kappa shape index (κ3) is 3.14. The third-order valence-electron chi connectivity index (χ3n) is 4.15. The number of aromatic nitrogens is 1. The van der Waals surface area contributed by atoms with E-state index in [2.05, 4.69) is 16.8 Å². The predicted molar refractivity (Wildman–Crippen MR) is 79.0 cm³/mol. The van der Waals surface area contributed by atoms with Crippen molar-refractivity contribution < 1.29 is 8.81 Å². The molecule has 0 amide bonds. The Hall–Kier alpha value is -1.72. The zero-order valence-corrected chi connectivity index (χ0v) is 12.2. The van der Waals surface area contributed by atoms with Crippen LogP contribution >= 0.6 is 0 Å². The second kappa shape index (κ2) is 5.58. The predicted octanol–water partition coefficient (Wildman–Crippen LogP) is 2.65. The molecule has 3 rings (SSSR count). The van der Waals surface area contributed by atoms with E-state index >= 15 is 0 Å². The maximum Gasteiger partial charge on any atom is 0.209 e. The monoisotopic (exact) mass is 289 g/mol. The molecule has 5 heteroatoms. The van der Waals surface area contributed by atoms with E-state index in [1.165, 1.54) is 12.1 Å². The minimum Gasteiger partial charge on any atom is -0.439 e. The number of nitrogens with two attached hydrogens (primary N) is 1. The molecule has 0 radical (unpaired) electrons. The van der Waals surface area contributed by atoms with Crippen molar-refractivity contribution in [3.05, 3.63) is 42.2 Å². The average Bonchev–Trinajstić information content (AvgIpc) is 3.07. The van der Waals surface area contributed by atoms with E-state index in [1.807, 2.05) is 6.07 Å². The summed E-state index contributed by atoms with van der Waals surface area (Å²) in [6.07, 6.45) is 2.75. The van der Waals surface area contributed by atoms with Gasteiger partial charge in [0.2, 0.25) is 5.89 Å². The Morgan fingerprint density at radius 1 is 1.48 bits per heavy atom. The first kappa shape index (κ1) is 14.2. The minimum absolute atomic E-state index is 0.192. The second-order valence-corrected chi connectivity index (χ2v) is 6.10. The summed E-state index contributed by atoms with van der Waals surface area (Å²) in [7, 11) is 0. The number of benzene rings is 1. The van der Waals surface area contributed by atoms with Gasteiger partial charge in [0.15, 0.2) is 5.76 Å². The van der Waals surface area contributed by atoms with Crippen LogP contribution in [0.15, 0.2) is 34.9 Å². The van der Waals surface area contributed by atoms with Gasteiger partial charge in [-0.15, -0.1) is 0 Å². The van der Waals surface area contributed by atoms with Gasteiger partial charge in [0, 0.05) is 12.1 Å². The molecule has 1 atom stereocenters. The molecule has 1 aliphatic rings. The summed E-state index contributed by atoms with van der Waals surface area (Å²) in [5.41, 5.74) is 6.72. The summed E-state index contributed by atoms with van der Waals surface area (Å²) in [4.78, 5) is 6.60. The highest BCUT2D eigenvalue weighted by Gasteiger charge is 2.32. The van der Waals surface area contributed by atoms with E-state index < -0.39 is 0 Å². The van der Waals surface area contributed by atoms with Crippen LogP contribution in [0.5, 0.6) is 0 Å². The Morgan fingerprint density at radius 2 is 2.33 bits per heavy atom. The van der Waals surface area contributed by atoms with E-state index in [0.29, 0.717) is 30.3 Å². The fourth-order valence-electron chi connectivity index (χ4n) is 2.78.